The van der Waals surface area contributed by atoms with Crippen LogP contribution >= 0.6 is 0 Å². The van der Waals surface area contributed by atoms with Crippen molar-refractivity contribution in [2.24, 2.45) is 5.41 Å². The van der Waals surface area contributed by atoms with E-state index < -0.39 is 0 Å². The van der Waals surface area contributed by atoms with Crippen molar-refractivity contribution in [2.45, 2.75) is 34.1 Å². The van der Waals surface area contributed by atoms with Gasteiger partial charge >= 0.3 is 0 Å². The van der Waals surface area contributed by atoms with Gasteiger partial charge in [-0.3, -0.25) is 0 Å². The maximum atomic E-state index is 5.75. The predicted octanol–water partition coefficient (Wildman–Crippen LogP) is 3.17. The molecule has 1 rings (SSSR count). The van der Waals surface area contributed by atoms with E-state index in [9.17, 15) is 0 Å². The van der Waals surface area contributed by atoms with E-state index in [2.05, 4.69) is 39.8 Å². The molecule has 0 saturated carbocycles. The highest BCUT2D eigenvalue weighted by Crippen LogP contribution is 2.22. The lowest BCUT2D eigenvalue weighted by Gasteiger charge is -2.18. The zero-order chi connectivity index (χ0) is 10.1. The second kappa shape index (κ2) is 3.41. The summed E-state index contributed by atoms with van der Waals surface area (Å²) in [6, 6.07) is 6.30. The molecule has 1 heteroatoms. The second-order valence-corrected chi connectivity index (χ2v) is 4.93. The van der Waals surface area contributed by atoms with Crippen LogP contribution in [0.15, 0.2) is 18.2 Å². The van der Waals surface area contributed by atoms with Crippen LogP contribution in [0.2, 0.25) is 0 Å². The highest BCUT2D eigenvalue weighted by Gasteiger charge is 2.11. The third kappa shape index (κ3) is 3.10. The highest BCUT2D eigenvalue weighted by molar-refractivity contribution is 5.47. The van der Waals surface area contributed by atoms with Crippen LogP contribution in [-0.2, 0) is 6.42 Å². The molecule has 13 heavy (non-hydrogen) atoms. The van der Waals surface area contributed by atoms with Gasteiger partial charge in [-0.2, -0.15) is 0 Å². The van der Waals surface area contributed by atoms with Crippen molar-refractivity contribution in [2.75, 3.05) is 5.73 Å². The third-order valence-corrected chi connectivity index (χ3v) is 2.07. The Labute approximate surface area is 81.0 Å². The first-order chi connectivity index (χ1) is 5.88. The molecule has 0 aliphatic carbocycles. The minimum atomic E-state index is 0.350. The van der Waals surface area contributed by atoms with E-state index >= 15 is 0 Å². The number of nitrogens with two attached hydrogens (primary N) is 1. The molecule has 1 aromatic rings. The molecule has 2 N–H and O–H groups in total. The molecule has 1 aromatic carbocycles. The van der Waals surface area contributed by atoms with Crippen LogP contribution in [0.5, 0.6) is 0 Å². The number of hydrogen-bond donors (Lipinski definition) is 1. The van der Waals surface area contributed by atoms with Crippen LogP contribution in [0.25, 0.3) is 0 Å². The lowest BCUT2D eigenvalue weighted by Crippen LogP contribution is -2.09. The van der Waals surface area contributed by atoms with Gasteiger partial charge in [0, 0.05) is 5.69 Å². The molecule has 0 aliphatic heterocycles. The van der Waals surface area contributed by atoms with Gasteiger partial charge in [-0.1, -0.05) is 32.9 Å². The Balaban J connectivity index is 2.86. The topological polar surface area (TPSA) is 26.0 Å². The van der Waals surface area contributed by atoms with Crippen molar-refractivity contribution in [3.8, 4) is 0 Å². The van der Waals surface area contributed by atoms with E-state index in [1.807, 2.05) is 6.07 Å². The fourth-order valence-electron chi connectivity index (χ4n) is 1.46. The lowest BCUT2D eigenvalue weighted by atomic mass is 9.87. The van der Waals surface area contributed by atoms with Crippen LogP contribution in [0.3, 0.4) is 0 Å². The molecule has 72 valence electrons. The van der Waals surface area contributed by atoms with E-state index in [1.54, 1.807) is 0 Å². The van der Waals surface area contributed by atoms with E-state index in [-0.39, 0.29) is 0 Å². The molecule has 0 spiro atoms. The Morgan fingerprint density at radius 2 is 1.85 bits per heavy atom. The van der Waals surface area contributed by atoms with Crippen molar-refractivity contribution in [3.63, 3.8) is 0 Å². The summed E-state index contributed by atoms with van der Waals surface area (Å²) in [6.07, 6.45) is 1.11. The molecule has 0 aromatic heterocycles. The van der Waals surface area contributed by atoms with E-state index in [0.29, 0.717) is 5.41 Å². The van der Waals surface area contributed by atoms with E-state index in [0.717, 1.165) is 12.1 Å². The van der Waals surface area contributed by atoms with E-state index in [1.165, 1.54) is 11.1 Å². The van der Waals surface area contributed by atoms with Gasteiger partial charge in [0.15, 0.2) is 0 Å². The van der Waals surface area contributed by atoms with Crippen molar-refractivity contribution >= 4 is 5.69 Å². The molecule has 0 atom stereocenters. The molecule has 0 bridgehead atoms. The SMILES string of the molecule is Cc1cc(CC(C)(C)C)ccc1N. The summed E-state index contributed by atoms with van der Waals surface area (Å²) in [4.78, 5) is 0. The smallest absolute Gasteiger partial charge is 0.0343 e. The Bertz CT molecular complexity index is 294. The minimum Gasteiger partial charge on any atom is -0.399 e. The highest BCUT2D eigenvalue weighted by atomic mass is 14.5. The number of benzene rings is 1. The molecule has 1 nitrogen and oxygen atoms in total. The number of hydrogen-bond acceptors (Lipinski definition) is 1. The van der Waals surface area contributed by atoms with Crippen LogP contribution in [-0.4, -0.2) is 0 Å². The fraction of sp³-hybridized carbons (Fsp3) is 0.500. The molecule has 0 heterocycles. The Morgan fingerprint density at radius 1 is 1.23 bits per heavy atom. The van der Waals surface area contributed by atoms with Crippen molar-refractivity contribution in [1.29, 1.82) is 0 Å². The summed E-state index contributed by atoms with van der Waals surface area (Å²) >= 11 is 0. The molecule has 0 unspecified atom stereocenters. The molecular formula is C12H19N. The zero-order valence-corrected chi connectivity index (χ0v) is 9.02. The first kappa shape index (κ1) is 10.1. The average Bonchev–Trinajstić information content (AvgIpc) is 1.94. The van der Waals surface area contributed by atoms with Crippen molar-refractivity contribution in [1.82, 2.24) is 0 Å². The lowest BCUT2D eigenvalue weighted by molar-refractivity contribution is 0.411. The molecule has 0 aliphatic rings. The van der Waals surface area contributed by atoms with Crippen molar-refractivity contribution in [3.05, 3.63) is 29.3 Å². The normalized spacial score (nSPS) is 11.7. The quantitative estimate of drug-likeness (QED) is 0.655. The monoisotopic (exact) mass is 177 g/mol. The average molecular weight is 177 g/mol. The number of nitrogen functional groups attached to an aromatic ring is 1. The van der Waals surface area contributed by atoms with Crippen LogP contribution < -0.4 is 5.73 Å². The standard InChI is InChI=1S/C12H19N/c1-9-7-10(5-6-11(9)13)8-12(2,3)4/h5-7H,8,13H2,1-4H3. The van der Waals surface area contributed by atoms with Gasteiger partial charge in [0.25, 0.3) is 0 Å². The number of aryl methyl sites for hydroxylation is 1. The minimum absolute atomic E-state index is 0.350. The van der Waals surface area contributed by atoms with E-state index in [4.69, 9.17) is 5.73 Å². The van der Waals surface area contributed by atoms with Gasteiger partial charge in [-0.15, -0.1) is 0 Å². The van der Waals surface area contributed by atoms with Crippen LogP contribution in [0.4, 0.5) is 5.69 Å². The van der Waals surface area contributed by atoms with Gasteiger partial charge in [-0.25, -0.2) is 0 Å². The van der Waals surface area contributed by atoms with Gasteiger partial charge in [-0.05, 0) is 36.0 Å². The van der Waals surface area contributed by atoms with Crippen LogP contribution in [0, 0.1) is 12.3 Å². The third-order valence-electron chi connectivity index (χ3n) is 2.07. The first-order valence-corrected chi connectivity index (χ1v) is 4.73. The number of rotatable bonds is 1. The van der Waals surface area contributed by atoms with Gasteiger partial charge in [0.05, 0.1) is 0 Å². The van der Waals surface area contributed by atoms with Gasteiger partial charge < -0.3 is 5.73 Å². The van der Waals surface area contributed by atoms with Crippen LogP contribution in [0.1, 0.15) is 31.9 Å². The van der Waals surface area contributed by atoms with Gasteiger partial charge in [0.2, 0.25) is 0 Å². The molecule has 0 fully saturated rings. The summed E-state index contributed by atoms with van der Waals surface area (Å²) in [5.41, 5.74) is 9.55. The Kier molecular flexibility index (Phi) is 2.65. The van der Waals surface area contributed by atoms with Crippen molar-refractivity contribution < 1.29 is 0 Å². The summed E-state index contributed by atoms with van der Waals surface area (Å²) in [6.45, 7) is 8.80. The number of anilines is 1. The zero-order valence-electron chi connectivity index (χ0n) is 9.02. The maximum Gasteiger partial charge on any atom is 0.0343 e. The summed E-state index contributed by atoms with van der Waals surface area (Å²) in [5, 5.41) is 0. The van der Waals surface area contributed by atoms with Gasteiger partial charge in [0.1, 0.15) is 0 Å². The molecule has 0 amide bonds. The summed E-state index contributed by atoms with van der Waals surface area (Å²) in [5.74, 6) is 0. The molecule has 0 saturated heterocycles. The molecule has 0 radical (unpaired) electrons. The Hall–Kier alpha value is -0.980. The fourth-order valence-corrected chi connectivity index (χ4v) is 1.46. The first-order valence-electron chi connectivity index (χ1n) is 4.73. The predicted molar refractivity (Wildman–Crippen MR) is 58.8 cm³/mol. The summed E-state index contributed by atoms with van der Waals surface area (Å²) < 4.78 is 0. The summed E-state index contributed by atoms with van der Waals surface area (Å²) in [7, 11) is 0. The largest absolute Gasteiger partial charge is 0.399 e. The second-order valence-electron chi connectivity index (χ2n) is 4.93. The molecular weight excluding hydrogens is 158 g/mol. The Morgan fingerprint density at radius 3 is 2.31 bits per heavy atom. The maximum absolute atomic E-state index is 5.75.